The van der Waals surface area contributed by atoms with Crippen LogP contribution < -0.4 is 10.1 Å². The number of para-hydroxylation sites is 1. The van der Waals surface area contributed by atoms with Crippen LogP contribution in [-0.4, -0.2) is 25.4 Å². The van der Waals surface area contributed by atoms with Gasteiger partial charge in [-0.25, -0.2) is 0 Å². The molecule has 1 aliphatic rings. The van der Waals surface area contributed by atoms with Gasteiger partial charge in [0.1, 0.15) is 11.9 Å². The molecule has 106 valence electrons. The first kappa shape index (κ1) is 14.8. The zero-order valence-electron chi connectivity index (χ0n) is 11.6. The lowest BCUT2D eigenvalue weighted by Crippen LogP contribution is -2.29. The van der Waals surface area contributed by atoms with Gasteiger partial charge in [0.05, 0.1) is 11.1 Å². The zero-order chi connectivity index (χ0) is 13.7. The van der Waals surface area contributed by atoms with Crippen molar-refractivity contribution in [2.24, 2.45) is 0 Å². The molecule has 1 saturated heterocycles. The fourth-order valence-corrected chi connectivity index (χ4v) is 2.61. The van der Waals surface area contributed by atoms with E-state index in [0.717, 1.165) is 36.2 Å². The zero-order valence-corrected chi connectivity index (χ0v) is 13.2. The van der Waals surface area contributed by atoms with Crippen molar-refractivity contribution in [3.05, 3.63) is 28.2 Å². The predicted octanol–water partition coefficient (Wildman–Crippen LogP) is 3.50. The molecule has 1 unspecified atom stereocenters. The van der Waals surface area contributed by atoms with E-state index in [9.17, 15) is 0 Å². The summed E-state index contributed by atoms with van der Waals surface area (Å²) >= 11 is 3.59. The van der Waals surface area contributed by atoms with E-state index < -0.39 is 0 Å². The van der Waals surface area contributed by atoms with Crippen LogP contribution in [0.5, 0.6) is 5.75 Å². The third-order valence-corrected chi connectivity index (χ3v) is 3.78. The van der Waals surface area contributed by atoms with Crippen molar-refractivity contribution in [3.8, 4) is 5.75 Å². The van der Waals surface area contributed by atoms with Crippen LogP contribution >= 0.6 is 15.9 Å². The Balaban J connectivity index is 2.07. The topological polar surface area (TPSA) is 30.5 Å². The number of rotatable bonds is 5. The second-order valence-corrected chi connectivity index (χ2v) is 6.08. The van der Waals surface area contributed by atoms with Crippen LogP contribution in [0.4, 0.5) is 0 Å². The van der Waals surface area contributed by atoms with Crippen LogP contribution in [0, 0.1) is 0 Å². The summed E-state index contributed by atoms with van der Waals surface area (Å²) in [6.07, 6.45) is 2.32. The molecule has 1 atom stereocenters. The van der Waals surface area contributed by atoms with Crippen molar-refractivity contribution in [2.45, 2.75) is 45.4 Å². The second-order valence-electron chi connectivity index (χ2n) is 5.22. The van der Waals surface area contributed by atoms with Crippen LogP contribution in [-0.2, 0) is 11.3 Å². The molecule has 1 aromatic rings. The molecule has 0 spiro atoms. The first-order chi connectivity index (χ1) is 9.16. The van der Waals surface area contributed by atoms with Gasteiger partial charge in [0.15, 0.2) is 0 Å². The summed E-state index contributed by atoms with van der Waals surface area (Å²) in [6, 6.07) is 6.65. The Morgan fingerprint density at radius 1 is 1.47 bits per heavy atom. The van der Waals surface area contributed by atoms with Gasteiger partial charge >= 0.3 is 0 Å². The van der Waals surface area contributed by atoms with Gasteiger partial charge in [-0.05, 0) is 34.8 Å². The van der Waals surface area contributed by atoms with E-state index in [1.165, 1.54) is 5.56 Å². The summed E-state index contributed by atoms with van der Waals surface area (Å²) < 4.78 is 12.6. The maximum atomic E-state index is 6.14. The first-order valence-corrected chi connectivity index (χ1v) is 7.71. The van der Waals surface area contributed by atoms with Gasteiger partial charge < -0.3 is 14.8 Å². The van der Waals surface area contributed by atoms with Crippen molar-refractivity contribution < 1.29 is 9.47 Å². The average molecular weight is 328 g/mol. The van der Waals surface area contributed by atoms with Crippen molar-refractivity contribution in [2.75, 3.05) is 13.2 Å². The minimum atomic E-state index is 0.172. The van der Waals surface area contributed by atoms with Gasteiger partial charge in [-0.2, -0.15) is 0 Å². The lowest BCUT2D eigenvalue weighted by Gasteiger charge is -2.25. The summed E-state index contributed by atoms with van der Waals surface area (Å²) in [5.41, 5.74) is 1.19. The van der Waals surface area contributed by atoms with E-state index in [1.54, 1.807) is 0 Å². The highest BCUT2D eigenvalue weighted by Gasteiger charge is 2.18. The summed E-state index contributed by atoms with van der Waals surface area (Å²) in [5, 5.41) is 3.43. The molecule has 0 amide bonds. The number of nitrogens with one attached hydrogen (secondary N) is 1. The second kappa shape index (κ2) is 7.27. The number of ether oxygens (including phenoxy) is 2. The number of hydrogen-bond acceptors (Lipinski definition) is 3. The van der Waals surface area contributed by atoms with Crippen LogP contribution in [0.15, 0.2) is 22.7 Å². The van der Waals surface area contributed by atoms with E-state index in [4.69, 9.17) is 9.47 Å². The Morgan fingerprint density at radius 3 is 3.00 bits per heavy atom. The molecule has 0 aromatic heterocycles. The average Bonchev–Trinajstić information content (AvgIpc) is 2.40. The van der Waals surface area contributed by atoms with E-state index in [0.29, 0.717) is 12.6 Å². The molecule has 1 aromatic carbocycles. The number of benzene rings is 1. The predicted molar refractivity (Wildman–Crippen MR) is 80.6 cm³/mol. The molecular formula is C15H22BrNO2. The van der Waals surface area contributed by atoms with Gasteiger partial charge in [0.25, 0.3) is 0 Å². The minimum absolute atomic E-state index is 0.172. The number of halogens is 1. The maximum absolute atomic E-state index is 6.14. The molecule has 1 aliphatic heterocycles. The number of hydrogen-bond donors (Lipinski definition) is 1. The van der Waals surface area contributed by atoms with E-state index in [2.05, 4.69) is 41.2 Å². The minimum Gasteiger partial charge on any atom is -0.486 e. The van der Waals surface area contributed by atoms with E-state index in [1.807, 2.05) is 12.1 Å². The molecule has 1 heterocycles. The van der Waals surface area contributed by atoms with Crippen molar-refractivity contribution >= 4 is 15.9 Å². The Morgan fingerprint density at radius 2 is 2.32 bits per heavy atom. The quantitative estimate of drug-likeness (QED) is 0.897. The molecule has 0 bridgehead atoms. The van der Waals surface area contributed by atoms with Gasteiger partial charge in [-0.1, -0.05) is 26.0 Å². The fraction of sp³-hybridized carbons (Fsp3) is 0.600. The van der Waals surface area contributed by atoms with Gasteiger partial charge in [0, 0.05) is 24.8 Å². The van der Waals surface area contributed by atoms with E-state index in [-0.39, 0.29) is 6.10 Å². The maximum Gasteiger partial charge on any atom is 0.138 e. The highest BCUT2D eigenvalue weighted by atomic mass is 79.9. The third kappa shape index (κ3) is 4.48. The van der Waals surface area contributed by atoms with Gasteiger partial charge in [-0.15, -0.1) is 0 Å². The van der Waals surface area contributed by atoms with Crippen molar-refractivity contribution in [3.63, 3.8) is 0 Å². The fourth-order valence-electron chi connectivity index (χ4n) is 2.11. The Hall–Kier alpha value is -0.580. The highest BCUT2D eigenvalue weighted by molar-refractivity contribution is 9.10. The van der Waals surface area contributed by atoms with Crippen LogP contribution in [0.2, 0.25) is 0 Å². The van der Waals surface area contributed by atoms with Crippen LogP contribution in [0.1, 0.15) is 32.3 Å². The molecule has 0 saturated carbocycles. The summed E-state index contributed by atoms with van der Waals surface area (Å²) in [5.74, 6) is 0.950. The van der Waals surface area contributed by atoms with E-state index >= 15 is 0 Å². The molecule has 4 heteroatoms. The van der Waals surface area contributed by atoms with Crippen LogP contribution in [0.3, 0.4) is 0 Å². The molecular weight excluding hydrogens is 306 g/mol. The normalized spacial score (nSPS) is 19.7. The monoisotopic (exact) mass is 327 g/mol. The van der Waals surface area contributed by atoms with Crippen molar-refractivity contribution in [1.82, 2.24) is 5.32 Å². The van der Waals surface area contributed by atoms with Crippen molar-refractivity contribution in [1.29, 1.82) is 0 Å². The summed E-state index contributed by atoms with van der Waals surface area (Å²) in [4.78, 5) is 0. The molecule has 0 aliphatic carbocycles. The lowest BCUT2D eigenvalue weighted by molar-refractivity contribution is 0.00667. The molecule has 19 heavy (non-hydrogen) atoms. The van der Waals surface area contributed by atoms with Crippen LogP contribution in [0.25, 0.3) is 0 Å². The Kier molecular flexibility index (Phi) is 5.67. The first-order valence-electron chi connectivity index (χ1n) is 6.92. The standard InChI is InChI=1S/C15H22BrNO2/c1-11(2)17-9-12-5-3-7-14(16)15(12)19-13-6-4-8-18-10-13/h3,5,7,11,13,17H,4,6,8-10H2,1-2H3. The SMILES string of the molecule is CC(C)NCc1cccc(Br)c1OC1CCCOC1. The summed E-state index contributed by atoms with van der Waals surface area (Å²) in [7, 11) is 0. The highest BCUT2D eigenvalue weighted by Crippen LogP contribution is 2.31. The third-order valence-electron chi connectivity index (χ3n) is 3.15. The van der Waals surface area contributed by atoms with Gasteiger partial charge in [-0.3, -0.25) is 0 Å². The summed E-state index contributed by atoms with van der Waals surface area (Å²) in [6.45, 7) is 6.66. The Labute approximate surface area is 123 Å². The Bertz CT molecular complexity index is 403. The molecule has 3 nitrogen and oxygen atoms in total. The molecule has 1 N–H and O–H groups in total. The lowest BCUT2D eigenvalue weighted by atomic mass is 10.1. The van der Waals surface area contributed by atoms with Gasteiger partial charge in [0.2, 0.25) is 0 Å². The largest absolute Gasteiger partial charge is 0.486 e. The molecule has 2 rings (SSSR count). The molecule has 0 radical (unpaired) electrons. The molecule has 1 fully saturated rings. The smallest absolute Gasteiger partial charge is 0.138 e.